The summed E-state index contributed by atoms with van der Waals surface area (Å²) in [7, 11) is 2.16. The molecule has 1 aliphatic rings. The van der Waals surface area contributed by atoms with E-state index in [1.807, 2.05) is 24.4 Å². The van der Waals surface area contributed by atoms with Gasteiger partial charge < -0.3 is 15.5 Å². The van der Waals surface area contributed by atoms with E-state index in [-0.39, 0.29) is 0 Å². The molecule has 4 nitrogen and oxygen atoms in total. The van der Waals surface area contributed by atoms with E-state index in [1.165, 1.54) is 10.8 Å². The van der Waals surface area contributed by atoms with Crippen LogP contribution in [0.25, 0.3) is 10.8 Å². The zero-order chi connectivity index (χ0) is 12.5. The Morgan fingerprint density at radius 1 is 1.11 bits per heavy atom. The highest BCUT2D eigenvalue weighted by atomic mass is 15.3. The number of nitrogens with zero attached hydrogens (tertiary/aromatic N) is 3. The van der Waals surface area contributed by atoms with Crippen molar-refractivity contribution < 1.29 is 0 Å². The van der Waals surface area contributed by atoms with Crippen LogP contribution in [-0.2, 0) is 0 Å². The van der Waals surface area contributed by atoms with Gasteiger partial charge in [0, 0.05) is 43.4 Å². The Morgan fingerprint density at radius 3 is 2.67 bits per heavy atom. The van der Waals surface area contributed by atoms with Crippen molar-refractivity contribution in [2.45, 2.75) is 0 Å². The summed E-state index contributed by atoms with van der Waals surface area (Å²) in [5.41, 5.74) is 6.63. The van der Waals surface area contributed by atoms with Gasteiger partial charge >= 0.3 is 0 Å². The highest BCUT2D eigenvalue weighted by Crippen LogP contribution is 2.26. The zero-order valence-corrected chi connectivity index (χ0v) is 10.6. The molecule has 1 aromatic heterocycles. The van der Waals surface area contributed by atoms with E-state index >= 15 is 0 Å². The molecular formula is C14H18N4. The number of likely N-dealkylation sites (N-methyl/N-ethyl adjacent to an activating group) is 1. The predicted octanol–water partition coefficient (Wildman–Crippen LogP) is 1.57. The fourth-order valence-electron chi connectivity index (χ4n) is 2.45. The van der Waals surface area contributed by atoms with E-state index in [0.29, 0.717) is 0 Å². The third-order valence-electron chi connectivity index (χ3n) is 3.57. The first kappa shape index (κ1) is 11.3. The Balaban J connectivity index is 2.01. The standard InChI is InChI=1S/C14H18N4/c1-17-6-8-18(9-7-17)14-13-3-2-12(15)10-11(13)4-5-16-14/h2-5,10H,6-9,15H2,1H3. The average Bonchev–Trinajstić information content (AvgIpc) is 2.38. The van der Waals surface area contributed by atoms with E-state index in [0.717, 1.165) is 37.7 Å². The number of benzene rings is 1. The number of hydrogen-bond donors (Lipinski definition) is 1. The summed E-state index contributed by atoms with van der Waals surface area (Å²) in [5, 5.41) is 2.36. The monoisotopic (exact) mass is 242 g/mol. The van der Waals surface area contributed by atoms with E-state index in [4.69, 9.17) is 5.73 Å². The third-order valence-corrected chi connectivity index (χ3v) is 3.57. The number of anilines is 2. The van der Waals surface area contributed by atoms with Gasteiger partial charge in [-0.3, -0.25) is 0 Å². The molecule has 0 aliphatic carbocycles. The lowest BCUT2D eigenvalue weighted by molar-refractivity contribution is 0.312. The van der Waals surface area contributed by atoms with Gasteiger partial charge in [-0.15, -0.1) is 0 Å². The van der Waals surface area contributed by atoms with Crippen molar-refractivity contribution >= 4 is 22.3 Å². The first-order valence-electron chi connectivity index (χ1n) is 6.32. The lowest BCUT2D eigenvalue weighted by Crippen LogP contribution is -2.44. The fraction of sp³-hybridized carbons (Fsp3) is 0.357. The number of piperazine rings is 1. The van der Waals surface area contributed by atoms with Crippen molar-refractivity contribution in [3.8, 4) is 0 Å². The second-order valence-corrected chi connectivity index (χ2v) is 4.91. The molecule has 2 heterocycles. The molecule has 0 saturated carbocycles. The van der Waals surface area contributed by atoms with Gasteiger partial charge in [0.1, 0.15) is 5.82 Å². The van der Waals surface area contributed by atoms with Gasteiger partial charge in [0.15, 0.2) is 0 Å². The second kappa shape index (κ2) is 4.46. The molecule has 0 radical (unpaired) electrons. The van der Waals surface area contributed by atoms with E-state index in [2.05, 4.69) is 27.9 Å². The lowest BCUT2D eigenvalue weighted by atomic mass is 10.1. The van der Waals surface area contributed by atoms with Crippen molar-refractivity contribution in [1.29, 1.82) is 0 Å². The summed E-state index contributed by atoms with van der Waals surface area (Å²) in [6.07, 6.45) is 1.87. The highest BCUT2D eigenvalue weighted by Gasteiger charge is 2.17. The number of fused-ring (bicyclic) bond motifs is 1. The van der Waals surface area contributed by atoms with Crippen molar-refractivity contribution in [3.63, 3.8) is 0 Å². The Labute approximate surface area is 107 Å². The van der Waals surface area contributed by atoms with Crippen molar-refractivity contribution in [2.75, 3.05) is 43.9 Å². The molecule has 3 rings (SSSR count). The molecule has 0 amide bonds. The van der Waals surface area contributed by atoms with Gasteiger partial charge in [-0.1, -0.05) is 0 Å². The maximum absolute atomic E-state index is 5.83. The first-order chi connectivity index (χ1) is 8.74. The third kappa shape index (κ3) is 1.99. The van der Waals surface area contributed by atoms with Crippen LogP contribution in [0.4, 0.5) is 11.5 Å². The molecule has 18 heavy (non-hydrogen) atoms. The molecular weight excluding hydrogens is 224 g/mol. The smallest absolute Gasteiger partial charge is 0.136 e. The summed E-state index contributed by atoms with van der Waals surface area (Å²) in [5.74, 6) is 1.08. The molecule has 2 N–H and O–H groups in total. The quantitative estimate of drug-likeness (QED) is 0.771. The molecule has 1 aliphatic heterocycles. The Hall–Kier alpha value is -1.81. The van der Waals surface area contributed by atoms with Crippen LogP contribution in [0, 0.1) is 0 Å². The number of nitrogen functional groups attached to an aromatic ring is 1. The minimum atomic E-state index is 0.804. The summed E-state index contributed by atoms with van der Waals surface area (Å²) < 4.78 is 0. The van der Waals surface area contributed by atoms with E-state index in [9.17, 15) is 0 Å². The predicted molar refractivity (Wildman–Crippen MR) is 75.9 cm³/mol. The van der Waals surface area contributed by atoms with Gasteiger partial charge in [-0.25, -0.2) is 4.98 Å². The van der Waals surface area contributed by atoms with E-state index in [1.54, 1.807) is 0 Å². The van der Waals surface area contributed by atoms with Gasteiger partial charge in [-0.2, -0.15) is 0 Å². The Kier molecular flexibility index (Phi) is 2.80. The summed E-state index contributed by atoms with van der Waals surface area (Å²) in [4.78, 5) is 9.26. The van der Waals surface area contributed by atoms with Crippen LogP contribution in [0.2, 0.25) is 0 Å². The lowest BCUT2D eigenvalue weighted by Gasteiger charge is -2.33. The van der Waals surface area contributed by atoms with E-state index < -0.39 is 0 Å². The minimum Gasteiger partial charge on any atom is -0.399 e. The maximum Gasteiger partial charge on any atom is 0.136 e. The number of aromatic nitrogens is 1. The van der Waals surface area contributed by atoms with Crippen molar-refractivity contribution in [2.24, 2.45) is 0 Å². The molecule has 1 fully saturated rings. The first-order valence-corrected chi connectivity index (χ1v) is 6.32. The number of rotatable bonds is 1. The van der Waals surface area contributed by atoms with Crippen molar-refractivity contribution in [1.82, 2.24) is 9.88 Å². The normalized spacial score (nSPS) is 17.3. The topological polar surface area (TPSA) is 45.4 Å². The fourth-order valence-corrected chi connectivity index (χ4v) is 2.45. The molecule has 1 saturated heterocycles. The Bertz CT molecular complexity index is 559. The van der Waals surface area contributed by atoms with Gasteiger partial charge in [0.25, 0.3) is 0 Å². The minimum absolute atomic E-state index is 0.804. The molecule has 0 bridgehead atoms. The Morgan fingerprint density at radius 2 is 1.89 bits per heavy atom. The molecule has 4 heteroatoms. The van der Waals surface area contributed by atoms with Gasteiger partial charge in [0.2, 0.25) is 0 Å². The maximum atomic E-state index is 5.83. The van der Waals surface area contributed by atoms with Crippen LogP contribution >= 0.6 is 0 Å². The second-order valence-electron chi connectivity index (χ2n) is 4.91. The molecule has 94 valence electrons. The summed E-state index contributed by atoms with van der Waals surface area (Å²) in [6, 6.07) is 8.05. The number of hydrogen-bond acceptors (Lipinski definition) is 4. The largest absolute Gasteiger partial charge is 0.399 e. The zero-order valence-electron chi connectivity index (χ0n) is 10.6. The number of nitrogens with two attached hydrogens (primary N) is 1. The van der Waals surface area contributed by atoms with Crippen LogP contribution in [0.5, 0.6) is 0 Å². The summed E-state index contributed by atoms with van der Waals surface area (Å²) in [6.45, 7) is 4.25. The molecule has 0 atom stereocenters. The van der Waals surface area contributed by atoms with Crippen LogP contribution in [-0.4, -0.2) is 43.1 Å². The SMILES string of the molecule is CN1CCN(c2nccc3cc(N)ccc23)CC1. The molecule has 0 spiro atoms. The van der Waals surface area contributed by atoms with Crippen LogP contribution in [0.1, 0.15) is 0 Å². The highest BCUT2D eigenvalue weighted by molar-refractivity contribution is 5.94. The van der Waals surface area contributed by atoms with Gasteiger partial charge in [0.05, 0.1) is 0 Å². The number of pyridine rings is 1. The average molecular weight is 242 g/mol. The van der Waals surface area contributed by atoms with Crippen molar-refractivity contribution in [3.05, 3.63) is 30.5 Å². The molecule has 2 aromatic rings. The van der Waals surface area contributed by atoms with Crippen LogP contribution < -0.4 is 10.6 Å². The van der Waals surface area contributed by atoms with Crippen LogP contribution in [0.3, 0.4) is 0 Å². The van der Waals surface area contributed by atoms with Gasteiger partial charge in [-0.05, 0) is 36.7 Å². The van der Waals surface area contributed by atoms with Crippen LogP contribution in [0.15, 0.2) is 30.5 Å². The summed E-state index contributed by atoms with van der Waals surface area (Å²) >= 11 is 0. The molecule has 1 aromatic carbocycles. The molecule has 0 unspecified atom stereocenters.